The first-order valence-corrected chi connectivity index (χ1v) is 15.5. The number of aryl methyl sites for hydroxylation is 1. The van der Waals surface area contributed by atoms with Gasteiger partial charge in [0, 0.05) is 0 Å². The third-order valence-electron chi connectivity index (χ3n) is 6.11. The standard InChI is InChI=1S/C25H34BrNO2SSi/c1-8-9-14-28-21-15-17(2)18(16-19(21)26)23(29-31(6,7)25(3,4)5)24-27-20-12-10-11-13-22(20)30-24/h10-13,15-16,23H,8-9,14H2,1-7H3. The SMILES string of the molecule is CCCCOc1cc(C)c(C(O[Si](C)(C)C(C)(C)C)c2nc3ccccc3s2)cc1Br. The molecule has 168 valence electrons. The van der Waals surface area contributed by atoms with Crippen molar-refractivity contribution in [1.29, 1.82) is 0 Å². The molecule has 1 unspecified atom stereocenters. The number of para-hydroxylation sites is 1. The second-order valence-corrected chi connectivity index (χ2v) is 16.3. The van der Waals surface area contributed by atoms with E-state index in [1.54, 1.807) is 11.3 Å². The summed E-state index contributed by atoms with van der Waals surface area (Å²) in [6.45, 7) is 16.5. The van der Waals surface area contributed by atoms with Gasteiger partial charge < -0.3 is 9.16 Å². The maximum absolute atomic E-state index is 7.00. The molecule has 0 saturated carbocycles. The molecule has 6 heteroatoms. The predicted octanol–water partition coefficient (Wildman–Crippen LogP) is 8.66. The lowest BCUT2D eigenvalue weighted by molar-refractivity contribution is 0.220. The molecule has 0 radical (unpaired) electrons. The van der Waals surface area contributed by atoms with Crippen LogP contribution in [-0.2, 0) is 4.43 Å². The molecule has 2 aromatic carbocycles. The number of benzene rings is 2. The number of nitrogens with zero attached hydrogens (tertiary/aromatic N) is 1. The zero-order valence-electron chi connectivity index (χ0n) is 19.7. The highest BCUT2D eigenvalue weighted by Gasteiger charge is 2.41. The Morgan fingerprint density at radius 3 is 2.52 bits per heavy atom. The van der Waals surface area contributed by atoms with Crippen molar-refractivity contribution >= 4 is 45.8 Å². The smallest absolute Gasteiger partial charge is 0.193 e. The zero-order valence-corrected chi connectivity index (χ0v) is 23.1. The number of ether oxygens (including phenoxy) is 1. The molecular formula is C25H34BrNO2SSi. The Kier molecular flexibility index (Phi) is 7.67. The first-order chi connectivity index (χ1) is 14.5. The quantitative estimate of drug-likeness (QED) is 0.220. The van der Waals surface area contributed by atoms with Crippen LogP contribution in [0.2, 0.25) is 18.1 Å². The summed E-state index contributed by atoms with van der Waals surface area (Å²) >= 11 is 5.47. The minimum atomic E-state index is -2.04. The lowest BCUT2D eigenvalue weighted by Crippen LogP contribution is -2.42. The van der Waals surface area contributed by atoms with E-state index in [0.717, 1.165) is 51.3 Å². The average molecular weight is 521 g/mol. The van der Waals surface area contributed by atoms with Crippen molar-refractivity contribution in [1.82, 2.24) is 4.98 Å². The van der Waals surface area contributed by atoms with Crippen LogP contribution in [0, 0.1) is 6.92 Å². The van der Waals surface area contributed by atoms with Gasteiger partial charge in [-0.1, -0.05) is 46.2 Å². The van der Waals surface area contributed by atoms with E-state index in [-0.39, 0.29) is 11.1 Å². The van der Waals surface area contributed by atoms with Gasteiger partial charge in [-0.05, 0) is 82.8 Å². The molecule has 31 heavy (non-hydrogen) atoms. The predicted molar refractivity (Wildman–Crippen MR) is 139 cm³/mol. The van der Waals surface area contributed by atoms with E-state index < -0.39 is 8.32 Å². The molecule has 0 bridgehead atoms. The first-order valence-electron chi connectivity index (χ1n) is 11.0. The van der Waals surface area contributed by atoms with Gasteiger partial charge in [0.05, 0.1) is 21.3 Å². The Morgan fingerprint density at radius 2 is 1.87 bits per heavy atom. The molecule has 0 fully saturated rings. The van der Waals surface area contributed by atoms with E-state index in [2.05, 4.69) is 94.0 Å². The van der Waals surface area contributed by atoms with Crippen molar-refractivity contribution in [2.75, 3.05) is 6.61 Å². The lowest BCUT2D eigenvalue weighted by atomic mass is 10.0. The van der Waals surface area contributed by atoms with Crippen LogP contribution in [0.1, 0.15) is 62.8 Å². The summed E-state index contributed by atoms with van der Waals surface area (Å²) in [4.78, 5) is 4.98. The average Bonchev–Trinajstić information content (AvgIpc) is 3.12. The highest BCUT2D eigenvalue weighted by atomic mass is 79.9. The molecule has 0 aliphatic carbocycles. The van der Waals surface area contributed by atoms with Crippen LogP contribution in [-0.4, -0.2) is 19.9 Å². The number of rotatable bonds is 8. The summed E-state index contributed by atoms with van der Waals surface area (Å²) in [5.41, 5.74) is 3.35. The fraction of sp³-hybridized carbons (Fsp3) is 0.480. The van der Waals surface area contributed by atoms with Crippen LogP contribution >= 0.6 is 27.3 Å². The number of thiazole rings is 1. The van der Waals surface area contributed by atoms with Crippen molar-refractivity contribution < 1.29 is 9.16 Å². The van der Waals surface area contributed by atoms with Crippen LogP contribution in [0.4, 0.5) is 0 Å². The van der Waals surface area contributed by atoms with Crippen LogP contribution in [0.15, 0.2) is 40.9 Å². The van der Waals surface area contributed by atoms with Crippen molar-refractivity contribution in [3.8, 4) is 5.75 Å². The fourth-order valence-corrected chi connectivity index (χ4v) is 5.87. The summed E-state index contributed by atoms with van der Waals surface area (Å²) < 4.78 is 15.2. The van der Waals surface area contributed by atoms with E-state index in [1.165, 1.54) is 4.70 Å². The van der Waals surface area contributed by atoms with Crippen molar-refractivity contribution in [2.24, 2.45) is 0 Å². The molecule has 1 aromatic heterocycles. The summed E-state index contributed by atoms with van der Waals surface area (Å²) in [5, 5.41) is 1.12. The van der Waals surface area contributed by atoms with Gasteiger partial charge in [-0.3, -0.25) is 0 Å². The Hall–Kier alpha value is -1.21. The van der Waals surface area contributed by atoms with Gasteiger partial charge in [0.15, 0.2) is 8.32 Å². The second-order valence-electron chi connectivity index (χ2n) is 9.62. The maximum Gasteiger partial charge on any atom is 0.193 e. The van der Waals surface area contributed by atoms with Gasteiger partial charge in [0.1, 0.15) is 16.9 Å². The molecule has 0 aliphatic rings. The molecule has 3 nitrogen and oxygen atoms in total. The number of fused-ring (bicyclic) bond motifs is 1. The Balaban J connectivity index is 2.06. The van der Waals surface area contributed by atoms with E-state index in [4.69, 9.17) is 14.1 Å². The third-order valence-corrected chi connectivity index (χ3v) is 12.2. The zero-order chi connectivity index (χ0) is 22.8. The molecule has 1 atom stereocenters. The largest absolute Gasteiger partial charge is 0.492 e. The minimum Gasteiger partial charge on any atom is -0.492 e. The normalized spacial score (nSPS) is 13.5. The first kappa shape index (κ1) is 24.4. The van der Waals surface area contributed by atoms with Crippen LogP contribution in [0.25, 0.3) is 10.2 Å². The van der Waals surface area contributed by atoms with E-state index in [9.17, 15) is 0 Å². The Morgan fingerprint density at radius 1 is 1.16 bits per heavy atom. The molecule has 0 amide bonds. The number of aromatic nitrogens is 1. The highest BCUT2D eigenvalue weighted by Crippen LogP contribution is 2.44. The summed E-state index contributed by atoms with van der Waals surface area (Å²) in [7, 11) is -2.04. The van der Waals surface area contributed by atoms with E-state index in [0.29, 0.717) is 0 Å². The van der Waals surface area contributed by atoms with Crippen LogP contribution < -0.4 is 4.74 Å². The topological polar surface area (TPSA) is 31.4 Å². The number of hydrogen-bond donors (Lipinski definition) is 0. The molecule has 0 N–H and O–H groups in total. The van der Waals surface area contributed by atoms with Crippen molar-refractivity contribution in [3.05, 3.63) is 57.0 Å². The number of hydrogen-bond acceptors (Lipinski definition) is 4. The van der Waals surface area contributed by atoms with E-state index >= 15 is 0 Å². The van der Waals surface area contributed by atoms with Crippen LogP contribution in [0.3, 0.4) is 0 Å². The van der Waals surface area contributed by atoms with Gasteiger partial charge in [0.2, 0.25) is 0 Å². The lowest BCUT2D eigenvalue weighted by Gasteiger charge is -2.39. The maximum atomic E-state index is 7.00. The Bertz CT molecular complexity index is 1010. The summed E-state index contributed by atoms with van der Waals surface area (Å²) in [5.74, 6) is 0.894. The molecule has 3 aromatic rings. The summed E-state index contributed by atoms with van der Waals surface area (Å²) in [6.07, 6.45) is 1.98. The molecule has 0 saturated heterocycles. The number of halogens is 1. The molecular weight excluding hydrogens is 486 g/mol. The summed E-state index contributed by atoms with van der Waals surface area (Å²) in [6, 6.07) is 12.6. The molecule has 0 aliphatic heterocycles. The van der Waals surface area contributed by atoms with Crippen LogP contribution in [0.5, 0.6) is 5.75 Å². The molecule has 1 heterocycles. The molecule has 3 rings (SSSR count). The molecule has 0 spiro atoms. The van der Waals surface area contributed by atoms with Crippen molar-refractivity contribution in [2.45, 2.75) is 71.7 Å². The van der Waals surface area contributed by atoms with Gasteiger partial charge in [-0.2, -0.15) is 0 Å². The van der Waals surface area contributed by atoms with Gasteiger partial charge in [0.25, 0.3) is 0 Å². The van der Waals surface area contributed by atoms with Gasteiger partial charge in [-0.15, -0.1) is 11.3 Å². The Labute approximate surface area is 200 Å². The fourth-order valence-electron chi connectivity index (χ4n) is 3.11. The monoisotopic (exact) mass is 519 g/mol. The van der Waals surface area contributed by atoms with E-state index in [1.807, 2.05) is 6.07 Å². The highest BCUT2D eigenvalue weighted by molar-refractivity contribution is 9.10. The van der Waals surface area contributed by atoms with Gasteiger partial charge >= 0.3 is 0 Å². The minimum absolute atomic E-state index is 0.107. The second kappa shape index (κ2) is 9.73. The van der Waals surface area contributed by atoms with Gasteiger partial charge in [-0.25, -0.2) is 4.98 Å². The number of unbranched alkanes of at least 4 members (excludes halogenated alkanes) is 1. The van der Waals surface area contributed by atoms with Crippen molar-refractivity contribution in [3.63, 3.8) is 0 Å². The third kappa shape index (κ3) is 5.59.